The average molecular weight is 146 g/mol. The van der Waals surface area contributed by atoms with Crippen LogP contribution in [-0.4, -0.2) is 5.75 Å². The molecule has 0 N–H and O–H groups in total. The van der Waals surface area contributed by atoms with Gasteiger partial charge in [-0.05, 0) is 23.5 Å². The van der Waals surface area contributed by atoms with Crippen LogP contribution in [0.4, 0.5) is 0 Å². The molecule has 0 aromatic heterocycles. The van der Waals surface area contributed by atoms with Gasteiger partial charge in [-0.25, -0.2) is 0 Å². The maximum Gasteiger partial charge on any atom is -0.00927 e. The van der Waals surface area contributed by atoms with E-state index < -0.39 is 0 Å². The summed E-state index contributed by atoms with van der Waals surface area (Å²) in [5.41, 5.74) is 0.474. The van der Waals surface area contributed by atoms with Gasteiger partial charge in [-0.1, -0.05) is 27.7 Å². The Morgan fingerprint density at radius 2 is 1.78 bits per heavy atom. The van der Waals surface area contributed by atoms with Crippen LogP contribution in [0.3, 0.4) is 0 Å². The molecule has 0 nitrogen and oxygen atoms in total. The fourth-order valence-corrected chi connectivity index (χ4v) is 1.15. The predicted molar refractivity (Wildman–Crippen MR) is 47.1 cm³/mol. The third kappa shape index (κ3) is 3.14. The van der Waals surface area contributed by atoms with Crippen LogP contribution in [0, 0.1) is 11.3 Å². The third-order valence-corrected chi connectivity index (χ3v) is 2.54. The van der Waals surface area contributed by atoms with Gasteiger partial charge in [0.2, 0.25) is 0 Å². The molecule has 0 aliphatic carbocycles. The normalized spacial score (nSPS) is 12.7. The number of hydrogen-bond donors (Lipinski definition) is 1. The summed E-state index contributed by atoms with van der Waals surface area (Å²) in [6, 6.07) is 0. The van der Waals surface area contributed by atoms with Gasteiger partial charge in [-0.2, -0.15) is 12.6 Å². The van der Waals surface area contributed by atoms with E-state index in [1.807, 2.05) is 0 Å². The van der Waals surface area contributed by atoms with Gasteiger partial charge in [0.25, 0.3) is 0 Å². The van der Waals surface area contributed by atoms with E-state index in [2.05, 4.69) is 40.3 Å². The van der Waals surface area contributed by atoms with Gasteiger partial charge >= 0.3 is 0 Å². The van der Waals surface area contributed by atoms with Crippen molar-refractivity contribution in [2.75, 3.05) is 5.75 Å². The van der Waals surface area contributed by atoms with E-state index in [0.717, 1.165) is 11.7 Å². The van der Waals surface area contributed by atoms with Crippen LogP contribution in [0.15, 0.2) is 0 Å². The minimum absolute atomic E-state index is 0.474. The van der Waals surface area contributed by atoms with Crippen LogP contribution < -0.4 is 0 Å². The van der Waals surface area contributed by atoms with Gasteiger partial charge < -0.3 is 0 Å². The highest BCUT2D eigenvalue weighted by molar-refractivity contribution is 7.80. The lowest BCUT2D eigenvalue weighted by Gasteiger charge is -2.28. The van der Waals surface area contributed by atoms with E-state index in [0.29, 0.717) is 5.41 Å². The zero-order valence-electron chi connectivity index (χ0n) is 6.94. The van der Waals surface area contributed by atoms with E-state index in [1.54, 1.807) is 0 Å². The second kappa shape index (κ2) is 3.50. The maximum atomic E-state index is 4.21. The molecule has 56 valence electrons. The molecule has 0 saturated heterocycles. The summed E-state index contributed by atoms with van der Waals surface area (Å²) in [5.74, 6) is 1.77. The van der Waals surface area contributed by atoms with Crippen molar-refractivity contribution >= 4 is 12.6 Å². The molecular formula is C8H18S. The van der Waals surface area contributed by atoms with Crippen LogP contribution in [0.5, 0.6) is 0 Å². The van der Waals surface area contributed by atoms with Gasteiger partial charge in [-0.15, -0.1) is 0 Å². The van der Waals surface area contributed by atoms with E-state index in [-0.39, 0.29) is 0 Å². The number of rotatable bonds is 3. The maximum absolute atomic E-state index is 4.21. The SMILES string of the molecule is CC(C)C(C)(C)CCS. The minimum Gasteiger partial charge on any atom is -0.179 e. The molecule has 0 radical (unpaired) electrons. The Hall–Kier alpha value is 0.350. The number of thiol groups is 1. The van der Waals surface area contributed by atoms with E-state index in [9.17, 15) is 0 Å². The predicted octanol–water partition coefficient (Wildman–Crippen LogP) is 2.99. The van der Waals surface area contributed by atoms with Crippen molar-refractivity contribution in [3.8, 4) is 0 Å². The summed E-state index contributed by atoms with van der Waals surface area (Å²) in [6.07, 6.45) is 1.22. The molecule has 0 atom stereocenters. The Labute approximate surface area is 64.4 Å². The molecule has 1 heteroatoms. The molecule has 0 amide bonds. The van der Waals surface area contributed by atoms with Gasteiger partial charge in [0.05, 0.1) is 0 Å². The third-order valence-electron chi connectivity index (χ3n) is 2.32. The summed E-state index contributed by atoms with van der Waals surface area (Å²) in [5, 5.41) is 0. The highest BCUT2D eigenvalue weighted by Crippen LogP contribution is 2.29. The summed E-state index contributed by atoms with van der Waals surface area (Å²) in [7, 11) is 0. The van der Waals surface area contributed by atoms with Gasteiger partial charge in [-0.3, -0.25) is 0 Å². The molecule has 9 heavy (non-hydrogen) atoms. The largest absolute Gasteiger partial charge is 0.179 e. The average Bonchev–Trinajstić information content (AvgIpc) is 1.65. The van der Waals surface area contributed by atoms with Gasteiger partial charge in [0.15, 0.2) is 0 Å². The lowest BCUT2D eigenvalue weighted by Crippen LogP contribution is -2.19. The van der Waals surface area contributed by atoms with E-state index in [1.165, 1.54) is 6.42 Å². The Bertz CT molecular complexity index is 74.6. The van der Waals surface area contributed by atoms with Crippen LogP contribution in [0.2, 0.25) is 0 Å². The first-order chi connectivity index (χ1) is 4.00. The van der Waals surface area contributed by atoms with Gasteiger partial charge in [0, 0.05) is 0 Å². The summed E-state index contributed by atoms with van der Waals surface area (Å²) in [4.78, 5) is 0. The zero-order valence-corrected chi connectivity index (χ0v) is 7.83. The lowest BCUT2D eigenvalue weighted by molar-refractivity contribution is 0.242. The first kappa shape index (κ1) is 9.35. The lowest BCUT2D eigenvalue weighted by atomic mass is 9.79. The highest BCUT2D eigenvalue weighted by Gasteiger charge is 2.20. The summed E-state index contributed by atoms with van der Waals surface area (Å²) >= 11 is 4.21. The molecule has 0 bridgehead atoms. The van der Waals surface area contributed by atoms with E-state index in [4.69, 9.17) is 0 Å². The second-order valence-electron chi connectivity index (χ2n) is 3.62. The zero-order chi connectivity index (χ0) is 7.49. The molecule has 0 heterocycles. The van der Waals surface area contributed by atoms with Crippen molar-refractivity contribution in [1.29, 1.82) is 0 Å². The standard InChI is InChI=1S/C8H18S/c1-7(2)8(3,4)5-6-9/h7,9H,5-6H2,1-4H3. The first-order valence-corrected chi connectivity index (χ1v) is 4.25. The number of hydrogen-bond acceptors (Lipinski definition) is 1. The Morgan fingerprint density at radius 3 is 1.89 bits per heavy atom. The van der Waals surface area contributed by atoms with Crippen molar-refractivity contribution in [3.63, 3.8) is 0 Å². The Balaban J connectivity index is 3.70. The fraction of sp³-hybridized carbons (Fsp3) is 1.00. The van der Waals surface area contributed by atoms with Gasteiger partial charge in [0.1, 0.15) is 0 Å². The van der Waals surface area contributed by atoms with Crippen LogP contribution in [-0.2, 0) is 0 Å². The van der Waals surface area contributed by atoms with Crippen LogP contribution in [0.1, 0.15) is 34.1 Å². The molecular weight excluding hydrogens is 128 g/mol. The summed E-state index contributed by atoms with van der Waals surface area (Å²) < 4.78 is 0. The van der Waals surface area contributed by atoms with Crippen molar-refractivity contribution in [1.82, 2.24) is 0 Å². The quantitative estimate of drug-likeness (QED) is 0.581. The van der Waals surface area contributed by atoms with Crippen molar-refractivity contribution in [2.45, 2.75) is 34.1 Å². The molecule has 0 fully saturated rings. The molecule has 0 aliphatic heterocycles. The van der Waals surface area contributed by atoms with Crippen molar-refractivity contribution in [2.24, 2.45) is 11.3 Å². The van der Waals surface area contributed by atoms with E-state index >= 15 is 0 Å². The highest BCUT2D eigenvalue weighted by atomic mass is 32.1. The Morgan fingerprint density at radius 1 is 1.33 bits per heavy atom. The molecule has 0 aromatic rings. The molecule has 0 aliphatic rings. The molecule has 0 rings (SSSR count). The Kier molecular flexibility index (Phi) is 3.64. The fourth-order valence-electron chi connectivity index (χ4n) is 0.577. The summed E-state index contributed by atoms with van der Waals surface area (Å²) in [6.45, 7) is 9.13. The molecule has 0 unspecified atom stereocenters. The van der Waals surface area contributed by atoms with Crippen LogP contribution >= 0.6 is 12.6 Å². The minimum atomic E-state index is 0.474. The molecule has 0 aromatic carbocycles. The van der Waals surface area contributed by atoms with Crippen molar-refractivity contribution in [3.05, 3.63) is 0 Å². The topological polar surface area (TPSA) is 0 Å². The first-order valence-electron chi connectivity index (χ1n) is 3.61. The van der Waals surface area contributed by atoms with Crippen LogP contribution in [0.25, 0.3) is 0 Å². The monoisotopic (exact) mass is 146 g/mol. The van der Waals surface area contributed by atoms with Crippen molar-refractivity contribution < 1.29 is 0 Å². The molecule has 0 saturated carbocycles. The molecule has 0 spiro atoms. The smallest absolute Gasteiger partial charge is 0.00927 e. The second-order valence-corrected chi connectivity index (χ2v) is 4.06.